The fourth-order valence-electron chi connectivity index (χ4n) is 2.57. The van der Waals surface area contributed by atoms with Gasteiger partial charge in [0.15, 0.2) is 0 Å². The number of nitrogens with one attached hydrogen (secondary N) is 2. The van der Waals surface area contributed by atoms with Crippen LogP contribution in [-0.4, -0.2) is 16.8 Å². The maximum Gasteiger partial charge on any atom is 0.261 e. The Balaban J connectivity index is 1.72. The SMILES string of the molecule is Cc1ccc(NS(=O)(=O)c2ccc(NS(=O)(=O)Cc3ccccc3Cl)cc2)cc1. The fourth-order valence-corrected chi connectivity index (χ4v) is 5.14. The number of hydrogen-bond donors (Lipinski definition) is 2. The Hall–Kier alpha value is -2.55. The average Bonchev–Trinajstić information content (AvgIpc) is 2.65. The van der Waals surface area contributed by atoms with Crippen LogP contribution in [0.4, 0.5) is 11.4 Å². The summed E-state index contributed by atoms with van der Waals surface area (Å²) in [4.78, 5) is 0.0205. The first kappa shape index (κ1) is 21.2. The highest BCUT2D eigenvalue weighted by molar-refractivity contribution is 7.92. The zero-order valence-electron chi connectivity index (χ0n) is 15.5. The van der Waals surface area contributed by atoms with E-state index in [1.54, 1.807) is 48.5 Å². The molecule has 0 bridgehead atoms. The molecule has 29 heavy (non-hydrogen) atoms. The van der Waals surface area contributed by atoms with Crippen molar-refractivity contribution in [2.24, 2.45) is 0 Å². The van der Waals surface area contributed by atoms with Crippen LogP contribution in [0.5, 0.6) is 0 Å². The maximum atomic E-state index is 12.5. The van der Waals surface area contributed by atoms with E-state index in [4.69, 9.17) is 11.6 Å². The molecule has 0 saturated carbocycles. The van der Waals surface area contributed by atoms with Crippen LogP contribution in [-0.2, 0) is 25.8 Å². The molecular weight excluding hydrogens is 432 g/mol. The van der Waals surface area contributed by atoms with Gasteiger partial charge in [-0.1, -0.05) is 47.5 Å². The molecule has 0 aliphatic carbocycles. The van der Waals surface area contributed by atoms with E-state index in [2.05, 4.69) is 9.44 Å². The lowest BCUT2D eigenvalue weighted by Gasteiger charge is -2.11. The Morgan fingerprint density at radius 2 is 1.31 bits per heavy atom. The van der Waals surface area contributed by atoms with Gasteiger partial charge < -0.3 is 0 Å². The molecule has 0 spiro atoms. The second-order valence-corrected chi connectivity index (χ2v) is 10.3. The van der Waals surface area contributed by atoms with Gasteiger partial charge in [0.2, 0.25) is 10.0 Å². The first-order valence-corrected chi connectivity index (χ1v) is 12.1. The lowest BCUT2D eigenvalue weighted by molar-refractivity contribution is 0.599. The van der Waals surface area contributed by atoms with E-state index in [0.29, 0.717) is 16.3 Å². The second-order valence-electron chi connectivity index (χ2n) is 6.45. The third kappa shape index (κ3) is 5.72. The summed E-state index contributed by atoms with van der Waals surface area (Å²) < 4.78 is 54.7. The Morgan fingerprint density at radius 1 is 0.759 bits per heavy atom. The summed E-state index contributed by atoms with van der Waals surface area (Å²) in [5.74, 6) is -0.290. The summed E-state index contributed by atoms with van der Waals surface area (Å²) in [6.45, 7) is 1.91. The zero-order valence-corrected chi connectivity index (χ0v) is 17.9. The van der Waals surface area contributed by atoms with Gasteiger partial charge in [-0.15, -0.1) is 0 Å². The van der Waals surface area contributed by atoms with Crippen LogP contribution >= 0.6 is 11.6 Å². The van der Waals surface area contributed by atoms with Crippen LogP contribution in [0, 0.1) is 6.92 Å². The Kier molecular flexibility index (Phi) is 6.16. The van der Waals surface area contributed by atoms with Crippen LogP contribution in [0.25, 0.3) is 0 Å². The van der Waals surface area contributed by atoms with Crippen molar-refractivity contribution in [2.75, 3.05) is 9.44 Å². The molecule has 3 rings (SSSR count). The van der Waals surface area contributed by atoms with Crippen LogP contribution < -0.4 is 9.44 Å². The third-order valence-corrected chi connectivity index (χ3v) is 7.05. The van der Waals surface area contributed by atoms with Gasteiger partial charge in [0.1, 0.15) is 0 Å². The van der Waals surface area contributed by atoms with Crippen molar-refractivity contribution in [3.8, 4) is 0 Å². The minimum Gasteiger partial charge on any atom is -0.283 e. The summed E-state index contributed by atoms with van der Waals surface area (Å²) >= 11 is 6.01. The van der Waals surface area contributed by atoms with Crippen LogP contribution in [0.1, 0.15) is 11.1 Å². The van der Waals surface area contributed by atoms with Gasteiger partial charge in [0.05, 0.1) is 10.6 Å². The predicted molar refractivity (Wildman–Crippen MR) is 116 cm³/mol. The molecule has 0 fully saturated rings. The molecule has 0 aromatic heterocycles. The van der Waals surface area contributed by atoms with Crippen molar-refractivity contribution in [2.45, 2.75) is 17.6 Å². The molecule has 0 amide bonds. The van der Waals surface area contributed by atoms with Gasteiger partial charge in [-0.05, 0) is 55.0 Å². The molecule has 0 heterocycles. The molecule has 0 aliphatic heterocycles. The van der Waals surface area contributed by atoms with Crippen molar-refractivity contribution in [1.29, 1.82) is 0 Å². The lowest BCUT2D eigenvalue weighted by Crippen LogP contribution is -2.16. The largest absolute Gasteiger partial charge is 0.283 e. The Bertz CT molecular complexity index is 1210. The van der Waals surface area contributed by atoms with Gasteiger partial charge in [-0.2, -0.15) is 0 Å². The number of rotatable bonds is 7. The summed E-state index contributed by atoms with van der Waals surface area (Å²) in [5, 5.41) is 0.362. The number of anilines is 2. The molecule has 3 aromatic carbocycles. The van der Waals surface area contributed by atoms with Crippen LogP contribution in [0.15, 0.2) is 77.7 Å². The Labute approximate surface area is 175 Å². The highest BCUT2D eigenvalue weighted by Crippen LogP contribution is 2.21. The number of sulfonamides is 2. The minimum atomic E-state index is -3.79. The van der Waals surface area contributed by atoms with E-state index in [1.807, 2.05) is 6.92 Å². The maximum absolute atomic E-state index is 12.5. The lowest BCUT2D eigenvalue weighted by atomic mass is 10.2. The zero-order chi connectivity index (χ0) is 21.1. The van der Waals surface area contributed by atoms with Crippen molar-refractivity contribution in [1.82, 2.24) is 0 Å². The first-order valence-electron chi connectivity index (χ1n) is 8.58. The summed E-state index contributed by atoms with van der Waals surface area (Å²) in [6, 6.07) is 19.1. The standard InChI is InChI=1S/C20H19ClN2O4S2/c1-15-6-8-18(9-7-15)23-29(26,27)19-12-10-17(11-13-19)22-28(24,25)14-16-4-2-3-5-20(16)21/h2-13,22-23H,14H2,1H3. The number of halogens is 1. The molecule has 0 aliphatic rings. The molecule has 2 N–H and O–H groups in total. The normalized spacial score (nSPS) is 11.8. The topological polar surface area (TPSA) is 92.3 Å². The number of aryl methyl sites for hydroxylation is 1. The summed E-state index contributed by atoms with van der Waals surface area (Å²) in [6.07, 6.45) is 0. The van der Waals surface area contributed by atoms with Gasteiger partial charge in [-0.3, -0.25) is 9.44 Å². The minimum absolute atomic E-state index is 0.0205. The van der Waals surface area contributed by atoms with Crippen LogP contribution in [0.3, 0.4) is 0 Å². The molecule has 0 saturated heterocycles. The molecule has 3 aromatic rings. The van der Waals surface area contributed by atoms with Gasteiger partial charge in [0.25, 0.3) is 10.0 Å². The summed E-state index contributed by atoms with van der Waals surface area (Å²) in [7, 11) is -7.50. The van der Waals surface area contributed by atoms with E-state index >= 15 is 0 Å². The van der Waals surface area contributed by atoms with E-state index in [-0.39, 0.29) is 16.3 Å². The van der Waals surface area contributed by atoms with Crippen molar-refractivity contribution >= 4 is 43.0 Å². The van der Waals surface area contributed by atoms with E-state index < -0.39 is 20.0 Å². The highest BCUT2D eigenvalue weighted by atomic mass is 35.5. The molecule has 9 heteroatoms. The second kappa shape index (κ2) is 8.44. The van der Waals surface area contributed by atoms with Gasteiger partial charge >= 0.3 is 0 Å². The van der Waals surface area contributed by atoms with Gasteiger partial charge in [0, 0.05) is 16.4 Å². The molecule has 0 unspecified atom stereocenters. The molecule has 6 nitrogen and oxygen atoms in total. The average molecular weight is 451 g/mol. The quantitative estimate of drug-likeness (QED) is 0.558. The van der Waals surface area contributed by atoms with Crippen molar-refractivity contribution in [3.05, 3.63) is 88.9 Å². The Morgan fingerprint density at radius 3 is 1.93 bits per heavy atom. The van der Waals surface area contributed by atoms with Crippen LogP contribution in [0.2, 0.25) is 5.02 Å². The molecule has 0 radical (unpaired) electrons. The predicted octanol–water partition coefficient (Wildman–Crippen LogP) is 4.39. The van der Waals surface area contributed by atoms with E-state index in [1.165, 1.54) is 24.3 Å². The highest BCUT2D eigenvalue weighted by Gasteiger charge is 2.17. The summed E-state index contributed by atoms with van der Waals surface area (Å²) in [5.41, 5.74) is 2.19. The number of benzene rings is 3. The molecular formula is C20H19ClN2O4S2. The monoisotopic (exact) mass is 450 g/mol. The van der Waals surface area contributed by atoms with Crippen molar-refractivity contribution < 1.29 is 16.8 Å². The smallest absolute Gasteiger partial charge is 0.261 e. The third-order valence-electron chi connectivity index (χ3n) is 4.05. The molecule has 152 valence electrons. The van der Waals surface area contributed by atoms with Gasteiger partial charge in [-0.25, -0.2) is 16.8 Å². The first-order chi connectivity index (χ1) is 13.6. The van der Waals surface area contributed by atoms with E-state index in [9.17, 15) is 16.8 Å². The fraction of sp³-hybridized carbons (Fsp3) is 0.100. The number of hydrogen-bond acceptors (Lipinski definition) is 4. The molecule has 0 atom stereocenters. The van der Waals surface area contributed by atoms with Crippen molar-refractivity contribution in [3.63, 3.8) is 0 Å². The van der Waals surface area contributed by atoms with E-state index in [0.717, 1.165) is 5.56 Å².